The molecule has 0 spiro atoms. The van der Waals surface area contributed by atoms with Gasteiger partial charge >= 0.3 is 34.1 Å². The molecule has 68 heavy (non-hydrogen) atoms. The Labute approximate surface area is 429 Å². The Balaban J connectivity index is 0.000000350. The van der Waals surface area contributed by atoms with Crippen molar-refractivity contribution < 1.29 is 54.6 Å². The maximum Gasteiger partial charge on any atom is 2.00 e. The van der Waals surface area contributed by atoms with Crippen molar-refractivity contribution in [3.8, 4) is 23.0 Å². The topological polar surface area (TPSA) is 124 Å². The fourth-order valence-corrected chi connectivity index (χ4v) is 7.89. The first kappa shape index (κ1) is 57.7. The summed E-state index contributed by atoms with van der Waals surface area (Å²) < 4.78 is 0. The maximum absolute atomic E-state index is 13.5. The minimum atomic E-state index is -0.243. The Morgan fingerprint density at radius 3 is 1.01 bits per heavy atom. The van der Waals surface area contributed by atoms with Gasteiger partial charge in [0.2, 0.25) is 0 Å². The average molecular weight is 1020 g/mol. The predicted octanol–water partition coefficient (Wildman–Crippen LogP) is 10.1. The van der Waals surface area contributed by atoms with Crippen LogP contribution in [-0.2, 0) is 94.8 Å². The van der Waals surface area contributed by atoms with Crippen molar-refractivity contribution in [1.29, 1.82) is 0 Å². The molecule has 0 bridgehead atoms. The number of nitrogens with zero attached hydrogens (tertiary/aromatic N) is 4. The Kier molecular flexibility index (Phi) is 21.0. The number of hydrogen-bond acceptors (Lipinski definition) is 8. The molecule has 0 fully saturated rings. The van der Waals surface area contributed by atoms with Gasteiger partial charge in [-0.2, -0.15) is 0 Å². The van der Waals surface area contributed by atoms with Crippen molar-refractivity contribution in [1.82, 2.24) is 19.8 Å². The standard InChI is InChI=1S/2C29H38N2O2.2Cu/c2*1-28(2,3)23-17-22(27(33)25(18-23)29(4,5)6)20-31(16-14-24-12-9-10-15-30-24)19-21-11-7-8-13-26(21)32;;/h2*7-13,15,17-18,32-33H,14,16,19-20H2,1-6H3;;/q;;2*+2/p-4. The van der Waals surface area contributed by atoms with E-state index in [1.54, 1.807) is 36.7 Å². The van der Waals surface area contributed by atoms with Crippen molar-refractivity contribution in [2.24, 2.45) is 0 Å². The van der Waals surface area contributed by atoms with Crippen molar-refractivity contribution in [2.45, 2.75) is 144 Å². The quantitative estimate of drug-likeness (QED) is 0.0989. The van der Waals surface area contributed by atoms with Crippen LogP contribution in [0.4, 0.5) is 0 Å². The smallest absolute Gasteiger partial charge is 0.872 e. The van der Waals surface area contributed by atoms with E-state index in [0.29, 0.717) is 39.3 Å². The minimum Gasteiger partial charge on any atom is -0.872 e. The maximum atomic E-state index is 13.5. The number of aromatic nitrogens is 2. The van der Waals surface area contributed by atoms with Gasteiger partial charge in [-0.3, -0.25) is 19.8 Å². The minimum absolute atomic E-state index is 0. The zero-order valence-electron chi connectivity index (χ0n) is 42.2. The molecule has 0 aliphatic carbocycles. The molecule has 0 saturated carbocycles. The third kappa shape index (κ3) is 16.8. The number of pyridine rings is 2. The van der Waals surface area contributed by atoms with Crippen molar-refractivity contribution in [3.05, 3.63) is 177 Å². The Hall–Kier alpha value is -4.66. The van der Waals surface area contributed by atoms with Gasteiger partial charge in [-0.05, 0) is 90.4 Å². The molecule has 0 aliphatic rings. The molecule has 4 aromatic carbocycles. The Morgan fingerprint density at radius 1 is 0.397 bits per heavy atom. The van der Waals surface area contributed by atoms with E-state index in [4.69, 9.17) is 0 Å². The second-order valence-electron chi connectivity index (χ2n) is 21.8. The van der Waals surface area contributed by atoms with Crippen LogP contribution in [0.1, 0.15) is 139 Å². The summed E-state index contributed by atoms with van der Waals surface area (Å²) in [4.78, 5) is 13.3. The third-order valence-electron chi connectivity index (χ3n) is 12.0. The van der Waals surface area contributed by atoms with Gasteiger partial charge in [-0.1, -0.05) is 168 Å². The van der Waals surface area contributed by atoms with Gasteiger partial charge in [-0.15, -0.1) is 23.0 Å². The number of hydrogen-bond donors (Lipinski definition) is 0. The van der Waals surface area contributed by atoms with E-state index >= 15 is 0 Å². The molecule has 6 aromatic rings. The molecule has 0 unspecified atom stereocenters. The molecule has 6 rings (SSSR count). The van der Waals surface area contributed by atoms with E-state index in [1.807, 2.05) is 60.7 Å². The van der Waals surface area contributed by atoms with Crippen molar-refractivity contribution in [2.75, 3.05) is 13.1 Å². The summed E-state index contributed by atoms with van der Waals surface area (Å²) in [5.41, 5.74) is 8.46. The molecule has 10 heteroatoms. The summed E-state index contributed by atoms with van der Waals surface area (Å²) in [6, 6.07) is 34.4. The van der Waals surface area contributed by atoms with Crippen LogP contribution in [-0.4, -0.2) is 32.9 Å². The first-order valence-corrected chi connectivity index (χ1v) is 23.3. The molecular formula is C58H72Cu2N4O4. The molecular weight excluding hydrogens is 944 g/mol. The van der Waals surface area contributed by atoms with Gasteiger partial charge in [0.15, 0.2) is 0 Å². The molecule has 0 aliphatic heterocycles. The Morgan fingerprint density at radius 2 is 0.721 bits per heavy atom. The fraction of sp³-hybridized carbons (Fsp3) is 0.414. The summed E-state index contributed by atoms with van der Waals surface area (Å²) >= 11 is 0. The van der Waals surface area contributed by atoms with Crippen LogP contribution in [0, 0.1) is 0 Å². The zero-order valence-corrected chi connectivity index (χ0v) is 44.1. The third-order valence-corrected chi connectivity index (χ3v) is 12.0. The zero-order chi connectivity index (χ0) is 48.5. The van der Waals surface area contributed by atoms with E-state index in [1.165, 1.54) is 0 Å². The number of para-hydroxylation sites is 2. The van der Waals surface area contributed by atoms with Crippen molar-refractivity contribution >= 4 is 0 Å². The van der Waals surface area contributed by atoms with E-state index in [9.17, 15) is 20.4 Å². The first-order valence-electron chi connectivity index (χ1n) is 23.3. The SMILES string of the molecule is CC(C)(C)c1cc(CN(CCc2ccccn2)Cc2ccccc2[O-])c([O-])c(C(C)(C)C)c1.CC(C)(C)c1cc(CN(CCc2ccccn2)Cc2ccccc2[O-])c([O-])c(C(C)(C)C)c1.[Cu+2].[Cu+2]. The van der Waals surface area contributed by atoms with E-state index in [2.05, 4.69) is 127 Å². The van der Waals surface area contributed by atoms with Crippen LogP contribution in [0.15, 0.2) is 122 Å². The van der Waals surface area contributed by atoms with E-state index in [-0.39, 0.29) is 78.8 Å². The summed E-state index contributed by atoms with van der Waals surface area (Å²) in [7, 11) is 0. The monoisotopic (exact) mass is 1010 g/mol. The van der Waals surface area contributed by atoms with E-state index < -0.39 is 0 Å². The second kappa shape index (κ2) is 24.8. The molecule has 0 N–H and O–H groups in total. The molecule has 0 saturated heterocycles. The van der Waals surface area contributed by atoms with Crippen LogP contribution >= 0.6 is 0 Å². The van der Waals surface area contributed by atoms with Crippen LogP contribution in [0.5, 0.6) is 23.0 Å². The number of benzene rings is 4. The largest absolute Gasteiger partial charge is 2.00 e. The van der Waals surface area contributed by atoms with Crippen LogP contribution in [0.3, 0.4) is 0 Å². The first-order chi connectivity index (χ1) is 30.9. The van der Waals surface area contributed by atoms with Crippen LogP contribution in [0.2, 0.25) is 0 Å². The number of rotatable bonds is 14. The van der Waals surface area contributed by atoms with Gasteiger partial charge in [-0.25, -0.2) is 0 Å². The molecule has 2 radical (unpaired) electrons. The van der Waals surface area contributed by atoms with Gasteiger partial charge in [0, 0.05) is 75.9 Å². The molecule has 2 aromatic heterocycles. The van der Waals surface area contributed by atoms with Gasteiger partial charge in [0.1, 0.15) is 0 Å². The summed E-state index contributed by atoms with van der Waals surface area (Å²) in [6.45, 7) is 29.0. The molecule has 8 nitrogen and oxygen atoms in total. The van der Waals surface area contributed by atoms with Crippen LogP contribution < -0.4 is 20.4 Å². The molecule has 2 heterocycles. The second-order valence-corrected chi connectivity index (χ2v) is 21.8. The normalized spacial score (nSPS) is 12.0. The Bertz CT molecular complexity index is 2310. The summed E-state index contributed by atoms with van der Waals surface area (Å²) in [5, 5.41) is 51.9. The fourth-order valence-electron chi connectivity index (χ4n) is 7.89. The van der Waals surface area contributed by atoms with Gasteiger partial charge < -0.3 is 20.4 Å². The van der Waals surface area contributed by atoms with Gasteiger partial charge in [0.05, 0.1) is 0 Å². The average Bonchev–Trinajstić information content (AvgIpc) is 3.24. The van der Waals surface area contributed by atoms with Crippen LogP contribution in [0.25, 0.3) is 0 Å². The molecule has 0 amide bonds. The molecule has 370 valence electrons. The van der Waals surface area contributed by atoms with E-state index in [0.717, 1.165) is 68.7 Å². The summed E-state index contributed by atoms with van der Waals surface area (Å²) in [6.07, 6.45) is 5.10. The molecule has 0 atom stereocenters. The summed E-state index contributed by atoms with van der Waals surface area (Å²) in [5.74, 6) is 0.269. The van der Waals surface area contributed by atoms with Crippen molar-refractivity contribution in [3.63, 3.8) is 0 Å². The van der Waals surface area contributed by atoms with Gasteiger partial charge in [0.25, 0.3) is 0 Å². The predicted molar refractivity (Wildman–Crippen MR) is 262 cm³/mol.